The number of phenols is 1. The quantitative estimate of drug-likeness (QED) is 0.629. The maximum atomic E-state index is 12.0. The summed E-state index contributed by atoms with van der Waals surface area (Å²) in [6, 6.07) is 10.3. The van der Waals surface area contributed by atoms with Crippen molar-refractivity contribution in [2.45, 2.75) is 0 Å². The van der Waals surface area contributed by atoms with Crippen LogP contribution in [0.4, 0.5) is 5.69 Å². The van der Waals surface area contributed by atoms with Crippen molar-refractivity contribution in [2.24, 2.45) is 0 Å². The third-order valence-corrected chi connectivity index (χ3v) is 3.27. The molecule has 8 heteroatoms. The summed E-state index contributed by atoms with van der Waals surface area (Å²) in [4.78, 5) is 22.9. The molecule has 0 radical (unpaired) electrons. The Hall–Kier alpha value is -3.13. The molecule has 0 aliphatic heterocycles. The number of amides is 1. The van der Waals surface area contributed by atoms with Gasteiger partial charge >= 0.3 is 5.97 Å². The minimum absolute atomic E-state index is 0.0123. The highest BCUT2D eigenvalue weighted by Crippen LogP contribution is 2.21. The van der Waals surface area contributed by atoms with Crippen molar-refractivity contribution in [3.63, 3.8) is 0 Å². The molecule has 2 aromatic rings. The standard InChI is InChI=1S/C16H14N2O5S/c1-23-11-5-2-9(3-6-11)14(20)18-16(24)17-10-4-7-12(15(21)22)13(19)8-10/h2-8,19H,1H3,(H,21,22)(H2,17,18,20,24). The first kappa shape index (κ1) is 17.2. The number of carboxylic acid groups (broad SMARTS) is 1. The van der Waals surface area contributed by atoms with Gasteiger partial charge in [0.05, 0.1) is 7.11 Å². The number of benzene rings is 2. The number of carbonyl (C=O) groups is 2. The lowest BCUT2D eigenvalue weighted by Crippen LogP contribution is -2.34. The highest BCUT2D eigenvalue weighted by molar-refractivity contribution is 7.80. The number of carboxylic acids is 1. The number of nitrogens with one attached hydrogen (secondary N) is 2. The first-order chi connectivity index (χ1) is 11.4. The average Bonchev–Trinajstić information content (AvgIpc) is 2.54. The van der Waals surface area contributed by atoms with Gasteiger partial charge in [-0.25, -0.2) is 4.79 Å². The zero-order valence-electron chi connectivity index (χ0n) is 12.6. The first-order valence-electron chi connectivity index (χ1n) is 6.73. The predicted octanol–water partition coefficient (Wildman–Crippen LogP) is 2.23. The Balaban J connectivity index is 2.00. The fourth-order valence-electron chi connectivity index (χ4n) is 1.87. The molecule has 0 heterocycles. The van der Waals surface area contributed by atoms with Crippen LogP contribution in [0.5, 0.6) is 11.5 Å². The lowest BCUT2D eigenvalue weighted by molar-refractivity contribution is 0.0693. The maximum absolute atomic E-state index is 12.0. The Morgan fingerprint density at radius 1 is 1.12 bits per heavy atom. The maximum Gasteiger partial charge on any atom is 0.339 e. The van der Waals surface area contributed by atoms with E-state index < -0.39 is 17.6 Å². The Bertz CT molecular complexity index is 790. The molecule has 0 spiro atoms. The SMILES string of the molecule is COc1ccc(C(=O)NC(=S)Nc2ccc(C(=O)O)c(O)c2)cc1. The van der Waals surface area contributed by atoms with Crippen LogP contribution in [0.15, 0.2) is 42.5 Å². The summed E-state index contributed by atoms with van der Waals surface area (Å²) >= 11 is 5.02. The van der Waals surface area contributed by atoms with E-state index >= 15 is 0 Å². The molecule has 0 atom stereocenters. The molecule has 7 nitrogen and oxygen atoms in total. The molecule has 2 aromatic carbocycles. The molecular weight excluding hydrogens is 332 g/mol. The molecule has 0 aliphatic rings. The summed E-state index contributed by atoms with van der Waals surface area (Å²) in [5.74, 6) is -1.44. The van der Waals surface area contributed by atoms with E-state index in [-0.39, 0.29) is 10.7 Å². The monoisotopic (exact) mass is 346 g/mol. The van der Waals surface area contributed by atoms with Gasteiger partial charge in [0, 0.05) is 17.3 Å². The van der Waals surface area contributed by atoms with Crippen molar-refractivity contribution in [3.8, 4) is 11.5 Å². The number of anilines is 1. The van der Waals surface area contributed by atoms with E-state index in [0.717, 1.165) is 0 Å². The number of methoxy groups -OCH3 is 1. The number of hydrogen-bond donors (Lipinski definition) is 4. The van der Waals surface area contributed by atoms with Crippen LogP contribution >= 0.6 is 12.2 Å². The molecule has 4 N–H and O–H groups in total. The summed E-state index contributed by atoms with van der Waals surface area (Å²) in [6.45, 7) is 0. The molecule has 0 saturated carbocycles. The Kier molecular flexibility index (Phi) is 5.33. The Morgan fingerprint density at radius 3 is 2.33 bits per heavy atom. The summed E-state index contributed by atoms with van der Waals surface area (Å²) < 4.78 is 5.01. The van der Waals surface area contributed by atoms with Crippen LogP contribution in [0.25, 0.3) is 0 Å². The molecule has 0 bridgehead atoms. The van der Waals surface area contributed by atoms with Crippen molar-refractivity contribution in [1.29, 1.82) is 0 Å². The van der Waals surface area contributed by atoms with Gasteiger partial charge in [0.1, 0.15) is 17.1 Å². The Labute approximate surface area is 142 Å². The number of carbonyl (C=O) groups excluding carboxylic acids is 1. The minimum Gasteiger partial charge on any atom is -0.507 e. The van der Waals surface area contributed by atoms with Crippen LogP contribution in [-0.4, -0.2) is 34.3 Å². The molecule has 0 fully saturated rings. The van der Waals surface area contributed by atoms with E-state index in [9.17, 15) is 14.7 Å². The number of ether oxygens (including phenoxy) is 1. The molecular formula is C16H14N2O5S. The second-order valence-electron chi connectivity index (χ2n) is 4.67. The molecule has 1 amide bonds. The van der Waals surface area contributed by atoms with Gasteiger partial charge in [-0.3, -0.25) is 10.1 Å². The van der Waals surface area contributed by atoms with Gasteiger partial charge in [0.2, 0.25) is 0 Å². The average molecular weight is 346 g/mol. The lowest BCUT2D eigenvalue weighted by Gasteiger charge is -2.11. The molecule has 0 aliphatic carbocycles. The van der Waals surface area contributed by atoms with Gasteiger partial charge in [0.25, 0.3) is 5.91 Å². The van der Waals surface area contributed by atoms with Gasteiger partial charge in [-0.1, -0.05) is 0 Å². The molecule has 0 aromatic heterocycles. The van der Waals surface area contributed by atoms with Crippen LogP contribution in [0.2, 0.25) is 0 Å². The predicted molar refractivity (Wildman–Crippen MR) is 91.7 cm³/mol. The second-order valence-corrected chi connectivity index (χ2v) is 5.08. The van der Waals surface area contributed by atoms with Crippen molar-refractivity contribution in [2.75, 3.05) is 12.4 Å². The van der Waals surface area contributed by atoms with E-state index in [1.54, 1.807) is 24.3 Å². The van der Waals surface area contributed by atoms with Gasteiger partial charge in [-0.15, -0.1) is 0 Å². The third-order valence-electron chi connectivity index (χ3n) is 3.07. The van der Waals surface area contributed by atoms with E-state index in [4.69, 9.17) is 22.1 Å². The van der Waals surface area contributed by atoms with Crippen molar-refractivity contribution in [3.05, 3.63) is 53.6 Å². The van der Waals surface area contributed by atoms with E-state index in [0.29, 0.717) is 17.0 Å². The summed E-state index contributed by atoms with van der Waals surface area (Å²) in [6.07, 6.45) is 0. The second kappa shape index (κ2) is 7.42. The third kappa shape index (κ3) is 4.20. The minimum atomic E-state index is -1.24. The summed E-state index contributed by atoms with van der Waals surface area (Å²) in [5, 5.41) is 23.7. The molecule has 2 rings (SSSR count). The summed E-state index contributed by atoms with van der Waals surface area (Å²) in [7, 11) is 1.53. The lowest BCUT2D eigenvalue weighted by atomic mass is 10.2. The van der Waals surface area contributed by atoms with E-state index in [2.05, 4.69) is 10.6 Å². The fourth-order valence-corrected chi connectivity index (χ4v) is 2.08. The zero-order chi connectivity index (χ0) is 17.7. The largest absolute Gasteiger partial charge is 0.507 e. The van der Waals surface area contributed by atoms with Gasteiger partial charge in [-0.05, 0) is 48.6 Å². The highest BCUT2D eigenvalue weighted by atomic mass is 32.1. The topological polar surface area (TPSA) is 108 Å². The van der Waals surface area contributed by atoms with Gasteiger partial charge < -0.3 is 20.3 Å². The number of aromatic hydroxyl groups is 1. The van der Waals surface area contributed by atoms with Gasteiger partial charge in [0.15, 0.2) is 5.11 Å². The van der Waals surface area contributed by atoms with Crippen molar-refractivity contribution < 1.29 is 24.5 Å². The molecule has 0 unspecified atom stereocenters. The molecule has 0 saturated heterocycles. The van der Waals surface area contributed by atoms with Crippen LogP contribution < -0.4 is 15.4 Å². The van der Waals surface area contributed by atoms with E-state index in [1.165, 1.54) is 25.3 Å². The molecule has 24 heavy (non-hydrogen) atoms. The van der Waals surface area contributed by atoms with Crippen LogP contribution in [0, 0.1) is 0 Å². The Morgan fingerprint density at radius 2 is 1.79 bits per heavy atom. The van der Waals surface area contributed by atoms with Gasteiger partial charge in [-0.2, -0.15) is 0 Å². The number of hydrogen-bond acceptors (Lipinski definition) is 5. The normalized spacial score (nSPS) is 9.88. The number of aromatic carboxylic acids is 1. The zero-order valence-corrected chi connectivity index (χ0v) is 13.4. The summed E-state index contributed by atoms with van der Waals surface area (Å²) in [5.41, 5.74) is 0.510. The highest BCUT2D eigenvalue weighted by Gasteiger charge is 2.11. The molecule has 124 valence electrons. The number of rotatable bonds is 4. The number of thiocarbonyl (C=S) groups is 1. The smallest absolute Gasteiger partial charge is 0.339 e. The fraction of sp³-hybridized carbons (Fsp3) is 0.0625. The van der Waals surface area contributed by atoms with Crippen molar-refractivity contribution >= 4 is 34.9 Å². The van der Waals surface area contributed by atoms with Crippen molar-refractivity contribution in [1.82, 2.24) is 5.32 Å². The van der Waals surface area contributed by atoms with Crippen LogP contribution in [-0.2, 0) is 0 Å². The van der Waals surface area contributed by atoms with E-state index in [1.807, 2.05) is 0 Å². The van der Waals surface area contributed by atoms with Crippen LogP contribution in [0.3, 0.4) is 0 Å². The first-order valence-corrected chi connectivity index (χ1v) is 7.14. The van der Waals surface area contributed by atoms with Crippen LogP contribution in [0.1, 0.15) is 20.7 Å².